The van der Waals surface area contributed by atoms with E-state index in [1.54, 1.807) is 6.07 Å². The third-order valence-electron chi connectivity index (χ3n) is 3.82. The summed E-state index contributed by atoms with van der Waals surface area (Å²) < 4.78 is 0. The van der Waals surface area contributed by atoms with Gasteiger partial charge in [-0.1, -0.05) is 29.8 Å². The van der Waals surface area contributed by atoms with Gasteiger partial charge in [0.2, 0.25) is 0 Å². The van der Waals surface area contributed by atoms with Crippen molar-refractivity contribution in [1.29, 1.82) is 0 Å². The summed E-state index contributed by atoms with van der Waals surface area (Å²) in [5.74, 6) is -0.125. The van der Waals surface area contributed by atoms with Gasteiger partial charge in [-0.05, 0) is 54.8 Å². The molecule has 108 valence electrons. The zero-order valence-corrected chi connectivity index (χ0v) is 12.6. The topological polar surface area (TPSA) is 41.1 Å². The molecule has 3 nitrogen and oxygen atoms in total. The number of fused-ring (bicyclic) bond motifs is 1. The molecule has 1 aliphatic rings. The molecule has 0 aliphatic carbocycles. The van der Waals surface area contributed by atoms with Gasteiger partial charge in [-0.2, -0.15) is 0 Å². The molecule has 0 fully saturated rings. The molecule has 1 aliphatic heterocycles. The summed E-state index contributed by atoms with van der Waals surface area (Å²) in [6, 6.07) is 11.5. The number of benzene rings is 2. The normalized spacial score (nSPS) is 13.6. The summed E-state index contributed by atoms with van der Waals surface area (Å²) in [7, 11) is 0. The number of carbonyl (C=O) groups is 1. The summed E-state index contributed by atoms with van der Waals surface area (Å²) in [6.07, 6.45) is 1.01. The molecule has 1 amide bonds. The zero-order chi connectivity index (χ0) is 14.8. The van der Waals surface area contributed by atoms with E-state index in [0.717, 1.165) is 25.1 Å². The SMILES string of the molecule is Cc1cccc(Cl)c1NC(=O)c1ccc2c(c1)CNCC2. The number of anilines is 1. The molecule has 2 N–H and O–H groups in total. The lowest BCUT2D eigenvalue weighted by Crippen LogP contribution is -2.24. The number of halogens is 1. The highest BCUT2D eigenvalue weighted by molar-refractivity contribution is 6.34. The Kier molecular flexibility index (Phi) is 3.95. The van der Waals surface area contributed by atoms with Crippen molar-refractivity contribution < 1.29 is 4.79 Å². The Balaban J connectivity index is 1.86. The highest BCUT2D eigenvalue weighted by Gasteiger charge is 2.14. The van der Waals surface area contributed by atoms with Crippen molar-refractivity contribution in [3.05, 3.63) is 63.7 Å². The number of hydrogen-bond acceptors (Lipinski definition) is 2. The molecule has 21 heavy (non-hydrogen) atoms. The van der Waals surface area contributed by atoms with E-state index >= 15 is 0 Å². The molecule has 3 rings (SSSR count). The minimum absolute atomic E-state index is 0.125. The predicted octanol–water partition coefficient (Wildman–Crippen LogP) is 3.55. The van der Waals surface area contributed by atoms with Crippen LogP contribution in [0, 0.1) is 6.92 Å². The molecule has 0 saturated heterocycles. The second kappa shape index (κ2) is 5.88. The van der Waals surface area contributed by atoms with Crippen LogP contribution in [0.25, 0.3) is 0 Å². The van der Waals surface area contributed by atoms with Crippen LogP contribution in [0.4, 0.5) is 5.69 Å². The fourth-order valence-electron chi connectivity index (χ4n) is 2.60. The van der Waals surface area contributed by atoms with Crippen LogP contribution in [0.15, 0.2) is 36.4 Å². The number of carbonyl (C=O) groups excluding carboxylic acids is 1. The molecule has 2 aromatic carbocycles. The number of hydrogen-bond donors (Lipinski definition) is 2. The lowest BCUT2D eigenvalue weighted by atomic mass is 9.98. The Bertz CT molecular complexity index is 677. The van der Waals surface area contributed by atoms with Crippen molar-refractivity contribution >= 4 is 23.2 Å². The van der Waals surface area contributed by atoms with Gasteiger partial charge in [-0.25, -0.2) is 0 Å². The molecule has 1 heterocycles. The van der Waals surface area contributed by atoms with Crippen LogP contribution in [0.2, 0.25) is 5.02 Å². The van der Waals surface area contributed by atoms with Gasteiger partial charge in [0.25, 0.3) is 5.91 Å². The number of rotatable bonds is 2. The average molecular weight is 301 g/mol. The summed E-state index contributed by atoms with van der Waals surface area (Å²) >= 11 is 6.15. The van der Waals surface area contributed by atoms with Crippen LogP contribution < -0.4 is 10.6 Å². The highest BCUT2D eigenvalue weighted by Crippen LogP contribution is 2.26. The van der Waals surface area contributed by atoms with E-state index in [0.29, 0.717) is 16.3 Å². The predicted molar refractivity (Wildman–Crippen MR) is 86.0 cm³/mol. The largest absolute Gasteiger partial charge is 0.320 e. The van der Waals surface area contributed by atoms with Crippen molar-refractivity contribution in [3.8, 4) is 0 Å². The van der Waals surface area contributed by atoms with Crippen molar-refractivity contribution in [2.45, 2.75) is 19.9 Å². The molecule has 0 unspecified atom stereocenters. The first-order valence-electron chi connectivity index (χ1n) is 7.04. The molecule has 0 radical (unpaired) electrons. The Morgan fingerprint density at radius 2 is 2.10 bits per heavy atom. The van der Waals surface area contributed by atoms with Crippen LogP contribution in [0.3, 0.4) is 0 Å². The van der Waals surface area contributed by atoms with Crippen LogP contribution in [0.1, 0.15) is 27.0 Å². The third kappa shape index (κ3) is 2.94. The minimum Gasteiger partial charge on any atom is -0.320 e. The maximum atomic E-state index is 12.4. The zero-order valence-electron chi connectivity index (χ0n) is 11.9. The van der Waals surface area contributed by atoms with Crippen LogP contribution >= 0.6 is 11.6 Å². The Morgan fingerprint density at radius 3 is 2.90 bits per heavy atom. The Labute approximate surface area is 129 Å². The Morgan fingerprint density at radius 1 is 1.24 bits per heavy atom. The lowest BCUT2D eigenvalue weighted by molar-refractivity contribution is 0.102. The molecule has 0 aromatic heterocycles. The maximum Gasteiger partial charge on any atom is 0.255 e. The summed E-state index contributed by atoms with van der Waals surface area (Å²) in [5.41, 5.74) is 4.82. The summed E-state index contributed by atoms with van der Waals surface area (Å²) in [6.45, 7) is 3.75. The molecular weight excluding hydrogens is 284 g/mol. The standard InChI is InChI=1S/C17H17ClN2O/c1-11-3-2-4-15(18)16(11)20-17(21)13-6-5-12-7-8-19-10-14(12)9-13/h2-6,9,19H,7-8,10H2,1H3,(H,20,21). The van der Waals surface area contributed by atoms with Gasteiger partial charge in [0.05, 0.1) is 10.7 Å². The average Bonchev–Trinajstić information content (AvgIpc) is 2.50. The number of aryl methyl sites for hydroxylation is 1. The molecule has 2 aromatic rings. The quantitative estimate of drug-likeness (QED) is 0.890. The fraction of sp³-hybridized carbons (Fsp3) is 0.235. The lowest BCUT2D eigenvalue weighted by Gasteiger charge is -2.18. The van der Waals surface area contributed by atoms with Gasteiger partial charge in [-0.15, -0.1) is 0 Å². The molecule has 4 heteroatoms. The van der Waals surface area contributed by atoms with Gasteiger partial charge >= 0.3 is 0 Å². The summed E-state index contributed by atoms with van der Waals surface area (Å²) in [5, 5.41) is 6.79. The molecule has 0 spiro atoms. The van der Waals surface area contributed by atoms with Gasteiger partial charge in [0, 0.05) is 12.1 Å². The van der Waals surface area contributed by atoms with E-state index in [1.807, 2.05) is 37.3 Å². The Hall–Kier alpha value is -1.84. The molecule has 0 atom stereocenters. The van der Waals surface area contributed by atoms with Gasteiger partial charge in [0.1, 0.15) is 0 Å². The van der Waals surface area contributed by atoms with E-state index in [-0.39, 0.29) is 5.91 Å². The monoisotopic (exact) mass is 300 g/mol. The second-order valence-electron chi connectivity index (χ2n) is 5.30. The fourth-order valence-corrected chi connectivity index (χ4v) is 2.87. The van der Waals surface area contributed by atoms with Gasteiger partial charge in [-0.3, -0.25) is 4.79 Å². The van der Waals surface area contributed by atoms with E-state index in [2.05, 4.69) is 10.6 Å². The van der Waals surface area contributed by atoms with Crippen molar-refractivity contribution in [1.82, 2.24) is 5.32 Å². The van der Waals surface area contributed by atoms with Crippen LogP contribution in [-0.2, 0) is 13.0 Å². The second-order valence-corrected chi connectivity index (χ2v) is 5.70. The molecule has 0 saturated carbocycles. The smallest absolute Gasteiger partial charge is 0.255 e. The summed E-state index contributed by atoms with van der Waals surface area (Å²) in [4.78, 5) is 12.4. The van der Waals surface area contributed by atoms with Crippen molar-refractivity contribution in [2.75, 3.05) is 11.9 Å². The number of amides is 1. The molecule has 0 bridgehead atoms. The first-order valence-corrected chi connectivity index (χ1v) is 7.42. The number of para-hydroxylation sites is 1. The first kappa shape index (κ1) is 14.1. The van der Waals surface area contributed by atoms with E-state index in [1.165, 1.54) is 11.1 Å². The van der Waals surface area contributed by atoms with Crippen molar-refractivity contribution in [2.24, 2.45) is 0 Å². The third-order valence-corrected chi connectivity index (χ3v) is 4.13. The first-order chi connectivity index (χ1) is 10.1. The van der Waals surface area contributed by atoms with Crippen LogP contribution in [-0.4, -0.2) is 12.5 Å². The van der Waals surface area contributed by atoms with E-state index in [9.17, 15) is 4.79 Å². The van der Waals surface area contributed by atoms with Crippen molar-refractivity contribution in [3.63, 3.8) is 0 Å². The highest BCUT2D eigenvalue weighted by atomic mass is 35.5. The van der Waals surface area contributed by atoms with Crippen LogP contribution in [0.5, 0.6) is 0 Å². The number of nitrogens with one attached hydrogen (secondary N) is 2. The van der Waals surface area contributed by atoms with E-state index < -0.39 is 0 Å². The van der Waals surface area contributed by atoms with E-state index in [4.69, 9.17) is 11.6 Å². The van der Waals surface area contributed by atoms with Gasteiger partial charge < -0.3 is 10.6 Å². The molecular formula is C17H17ClN2O. The van der Waals surface area contributed by atoms with Gasteiger partial charge in [0.15, 0.2) is 0 Å². The minimum atomic E-state index is -0.125. The maximum absolute atomic E-state index is 12.4.